The maximum Gasteiger partial charge on any atom is 0.337 e. The maximum absolute atomic E-state index is 11.5. The van der Waals surface area contributed by atoms with Gasteiger partial charge in [-0.15, -0.1) is 0 Å². The molecule has 0 aromatic heterocycles. The number of aliphatic imine (C=N–C) groups is 1. The summed E-state index contributed by atoms with van der Waals surface area (Å²) in [4.78, 5) is 17.9. The van der Waals surface area contributed by atoms with Crippen molar-refractivity contribution in [3.63, 3.8) is 0 Å². The summed E-state index contributed by atoms with van der Waals surface area (Å²) in [6.07, 6.45) is 4.16. The van der Waals surface area contributed by atoms with Gasteiger partial charge in [0.2, 0.25) is 0 Å². The molecule has 0 unspecified atom stereocenters. The van der Waals surface area contributed by atoms with Gasteiger partial charge in [-0.2, -0.15) is 0 Å². The van der Waals surface area contributed by atoms with Gasteiger partial charge in [0.25, 0.3) is 0 Å². The van der Waals surface area contributed by atoms with Gasteiger partial charge in [0.1, 0.15) is 5.82 Å². The number of ether oxygens (including phenoxy) is 1. The van der Waals surface area contributed by atoms with E-state index >= 15 is 0 Å². The van der Waals surface area contributed by atoms with Crippen molar-refractivity contribution in [2.24, 2.45) is 4.99 Å². The molecule has 1 heterocycles. The van der Waals surface area contributed by atoms with Crippen molar-refractivity contribution in [3.8, 4) is 0 Å². The van der Waals surface area contributed by atoms with Crippen LogP contribution in [0.1, 0.15) is 26.7 Å². The molecule has 1 fully saturated rings. The van der Waals surface area contributed by atoms with E-state index in [4.69, 9.17) is 0 Å². The first-order valence-corrected chi connectivity index (χ1v) is 6.36. The summed E-state index contributed by atoms with van der Waals surface area (Å²) in [5, 5.41) is 10.2. The molecule has 0 atom stereocenters. The Morgan fingerprint density at radius 2 is 2.05 bits per heavy atom. The summed E-state index contributed by atoms with van der Waals surface area (Å²) >= 11 is 0. The number of rotatable bonds is 4. The largest absolute Gasteiger partial charge is 0.467 e. The molecular formula is C14H22N2O3. The molecule has 5 nitrogen and oxygen atoms in total. The number of hydrogen-bond donors (Lipinski definition) is 1. The van der Waals surface area contributed by atoms with Crippen molar-refractivity contribution in [2.75, 3.05) is 20.2 Å². The van der Waals surface area contributed by atoms with Crippen LogP contribution in [0.3, 0.4) is 0 Å². The Morgan fingerprint density at radius 1 is 1.47 bits per heavy atom. The number of carbonyl (C=O) groups is 1. The molecule has 0 radical (unpaired) electrons. The molecule has 1 aliphatic rings. The van der Waals surface area contributed by atoms with Crippen molar-refractivity contribution >= 4 is 12.2 Å². The van der Waals surface area contributed by atoms with E-state index in [1.807, 2.05) is 13.8 Å². The average Bonchev–Trinajstić information content (AvgIpc) is 2.44. The topological polar surface area (TPSA) is 62.1 Å². The van der Waals surface area contributed by atoms with Crippen molar-refractivity contribution in [1.29, 1.82) is 0 Å². The number of esters is 1. The summed E-state index contributed by atoms with van der Waals surface area (Å²) in [5.74, 6) is 0.279. The van der Waals surface area contributed by atoms with Crippen molar-refractivity contribution in [3.05, 3.63) is 24.0 Å². The second-order valence-electron chi connectivity index (χ2n) is 4.61. The van der Waals surface area contributed by atoms with Crippen LogP contribution in [-0.4, -0.2) is 48.0 Å². The first-order valence-electron chi connectivity index (χ1n) is 6.36. The molecule has 19 heavy (non-hydrogen) atoms. The molecule has 106 valence electrons. The third-order valence-corrected chi connectivity index (χ3v) is 3.37. The average molecular weight is 266 g/mol. The van der Waals surface area contributed by atoms with Crippen LogP contribution in [0.25, 0.3) is 0 Å². The molecule has 1 rings (SSSR count). The van der Waals surface area contributed by atoms with E-state index in [-0.39, 0.29) is 0 Å². The highest BCUT2D eigenvalue weighted by molar-refractivity contribution is 5.79. The normalized spacial score (nSPS) is 20.1. The third-order valence-electron chi connectivity index (χ3n) is 3.37. The third kappa shape index (κ3) is 3.44. The Kier molecular flexibility index (Phi) is 5.30. The predicted molar refractivity (Wildman–Crippen MR) is 74.8 cm³/mol. The lowest BCUT2D eigenvalue weighted by atomic mass is 9.91. The van der Waals surface area contributed by atoms with Crippen LogP contribution in [0.15, 0.2) is 29.0 Å². The summed E-state index contributed by atoms with van der Waals surface area (Å²) < 4.78 is 4.64. The van der Waals surface area contributed by atoms with Gasteiger partial charge in [-0.3, -0.25) is 0 Å². The number of likely N-dealkylation sites (tertiary alicyclic amines) is 1. The zero-order valence-corrected chi connectivity index (χ0v) is 11.8. The van der Waals surface area contributed by atoms with Crippen LogP contribution in [0.4, 0.5) is 0 Å². The fourth-order valence-corrected chi connectivity index (χ4v) is 2.13. The van der Waals surface area contributed by atoms with E-state index < -0.39 is 11.6 Å². The number of hydrogen-bond acceptors (Lipinski definition) is 5. The molecule has 0 amide bonds. The quantitative estimate of drug-likeness (QED) is 0.476. The lowest BCUT2D eigenvalue weighted by Crippen LogP contribution is -2.49. The Balaban J connectivity index is 2.82. The predicted octanol–water partition coefficient (Wildman–Crippen LogP) is 1.49. The molecule has 1 aliphatic heterocycles. The molecule has 0 aromatic carbocycles. The highest BCUT2D eigenvalue weighted by Crippen LogP contribution is 2.27. The molecule has 0 aliphatic carbocycles. The smallest absolute Gasteiger partial charge is 0.337 e. The molecule has 0 aromatic rings. The number of piperidine rings is 1. The number of methoxy groups -OCH3 is 1. The van der Waals surface area contributed by atoms with Crippen molar-refractivity contribution in [1.82, 2.24) is 4.90 Å². The van der Waals surface area contributed by atoms with E-state index in [1.165, 1.54) is 7.11 Å². The molecule has 0 spiro atoms. The fourth-order valence-electron chi connectivity index (χ4n) is 2.13. The fraction of sp³-hybridized carbons (Fsp3) is 0.571. The standard InChI is InChI=1S/C14H22N2O3/c1-5-11(3)12(15-6-2)16-9-7-14(18,8-10-16)13(17)19-4/h5-6,18H,1,7-10H2,2-4H3/b12-11+,15-6-. The summed E-state index contributed by atoms with van der Waals surface area (Å²) in [6, 6.07) is 0. The van der Waals surface area contributed by atoms with Gasteiger partial charge in [0, 0.05) is 32.1 Å². The minimum Gasteiger partial charge on any atom is -0.467 e. The zero-order chi connectivity index (χ0) is 14.5. The molecule has 0 bridgehead atoms. The molecular weight excluding hydrogens is 244 g/mol. The number of allylic oxidation sites excluding steroid dienone is 2. The number of carbonyl (C=O) groups excluding carboxylic acids is 1. The number of nitrogens with zero attached hydrogens (tertiary/aromatic N) is 2. The zero-order valence-electron chi connectivity index (χ0n) is 11.8. The van der Waals surface area contributed by atoms with Crippen molar-refractivity contribution < 1.29 is 14.6 Å². The molecule has 5 heteroatoms. The van der Waals surface area contributed by atoms with Gasteiger partial charge < -0.3 is 14.7 Å². The van der Waals surface area contributed by atoms with Crippen LogP contribution in [0, 0.1) is 0 Å². The van der Waals surface area contributed by atoms with Crippen molar-refractivity contribution in [2.45, 2.75) is 32.3 Å². The molecule has 1 saturated heterocycles. The Hall–Kier alpha value is -1.62. The van der Waals surface area contributed by atoms with E-state index in [1.54, 1.807) is 12.3 Å². The summed E-state index contributed by atoms with van der Waals surface area (Å²) in [7, 11) is 1.29. The number of aliphatic hydroxyl groups is 1. The summed E-state index contributed by atoms with van der Waals surface area (Å²) in [6.45, 7) is 8.66. The monoisotopic (exact) mass is 266 g/mol. The Labute approximate surface area is 114 Å². The van der Waals surface area contributed by atoms with Crippen LogP contribution in [-0.2, 0) is 9.53 Å². The van der Waals surface area contributed by atoms with E-state index in [2.05, 4.69) is 21.2 Å². The highest BCUT2D eigenvalue weighted by atomic mass is 16.5. The van der Waals surface area contributed by atoms with E-state index in [0.29, 0.717) is 25.9 Å². The maximum atomic E-state index is 11.5. The highest BCUT2D eigenvalue weighted by Gasteiger charge is 2.40. The van der Waals surface area contributed by atoms with Gasteiger partial charge in [-0.1, -0.05) is 12.7 Å². The first-order chi connectivity index (χ1) is 8.98. The lowest BCUT2D eigenvalue weighted by molar-refractivity contribution is -0.166. The van der Waals surface area contributed by atoms with E-state index in [9.17, 15) is 9.90 Å². The lowest BCUT2D eigenvalue weighted by Gasteiger charge is -2.37. The minimum absolute atomic E-state index is 0.340. The second kappa shape index (κ2) is 6.52. The summed E-state index contributed by atoms with van der Waals surface area (Å²) in [5.41, 5.74) is -0.393. The van der Waals surface area contributed by atoms with Gasteiger partial charge in [-0.25, -0.2) is 9.79 Å². The van der Waals surface area contributed by atoms with E-state index in [0.717, 1.165) is 11.4 Å². The van der Waals surface area contributed by atoms with Gasteiger partial charge in [-0.05, 0) is 19.4 Å². The molecule has 0 saturated carbocycles. The Bertz CT molecular complexity index is 405. The second-order valence-corrected chi connectivity index (χ2v) is 4.61. The first kappa shape index (κ1) is 15.4. The SMILES string of the molecule is C=C/C(C)=C(\N=C/C)N1CCC(O)(C(=O)OC)CC1. The van der Waals surface area contributed by atoms with Crippen LogP contribution in [0.5, 0.6) is 0 Å². The minimum atomic E-state index is -1.37. The van der Waals surface area contributed by atoms with Gasteiger partial charge in [0.15, 0.2) is 5.60 Å². The van der Waals surface area contributed by atoms with Crippen LogP contribution in [0.2, 0.25) is 0 Å². The molecule has 1 N–H and O–H groups in total. The van der Waals surface area contributed by atoms with Gasteiger partial charge >= 0.3 is 5.97 Å². The van der Waals surface area contributed by atoms with Crippen LogP contribution < -0.4 is 0 Å². The van der Waals surface area contributed by atoms with Crippen LogP contribution >= 0.6 is 0 Å². The van der Waals surface area contributed by atoms with Gasteiger partial charge in [0.05, 0.1) is 7.11 Å². The Morgan fingerprint density at radius 3 is 2.47 bits per heavy atom.